The molecule has 12 nitrogen and oxygen atoms in total. The average molecular weight is 482 g/mol. The predicted octanol–water partition coefficient (Wildman–Crippen LogP) is -2.09. The Hall–Kier alpha value is -2.69. The van der Waals surface area contributed by atoms with Crippen molar-refractivity contribution in [3.05, 3.63) is 36.5 Å². The Morgan fingerprint density at radius 2 is 0.923 bits per heavy atom. The minimum atomic E-state index is -3.93. The van der Waals surface area contributed by atoms with Gasteiger partial charge in [0.1, 0.15) is 0 Å². The summed E-state index contributed by atoms with van der Waals surface area (Å²) in [5.74, 6) is -5.91. The van der Waals surface area contributed by atoms with Gasteiger partial charge in [-0.25, -0.2) is 0 Å². The van der Waals surface area contributed by atoms with E-state index in [1.807, 2.05) is 0 Å². The van der Waals surface area contributed by atoms with E-state index in [1.54, 1.807) is 0 Å². The van der Waals surface area contributed by atoms with Crippen molar-refractivity contribution in [2.45, 2.75) is 0 Å². The molecular weight excluding hydrogens is 476 g/mol. The molecule has 0 fully saturated rings. The van der Waals surface area contributed by atoms with Crippen LogP contribution in [-0.4, -0.2) is 70.4 Å². The summed E-state index contributed by atoms with van der Waals surface area (Å²) in [6, 6.07) is 0. The first kappa shape index (κ1) is 19.6. The van der Waals surface area contributed by atoms with Crippen LogP contribution in [0.25, 0.3) is 0 Å². The molecule has 0 N–H and O–H groups in total. The fourth-order valence-electron chi connectivity index (χ4n) is 1.36. The molecule has 0 amide bonds. The van der Waals surface area contributed by atoms with Crippen LogP contribution >= 0.6 is 0 Å². The van der Waals surface area contributed by atoms with Gasteiger partial charge in [0.2, 0.25) is 0 Å². The van der Waals surface area contributed by atoms with Gasteiger partial charge in [0.15, 0.2) is 0 Å². The normalized spacial score (nSPS) is 16.9. The first-order chi connectivity index (χ1) is 12.3. The van der Waals surface area contributed by atoms with Crippen molar-refractivity contribution in [1.29, 1.82) is 0 Å². The fraction of sp³-hybridized carbons (Fsp3) is 0. The predicted molar refractivity (Wildman–Crippen MR) is 75.5 cm³/mol. The molecule has 0 aromatic rings. The Bertz CT molecular complexity index is 649. The van der Waals surface area contributed by atoms with Crippen molar-refractivity contribution >= 4 is 70.4 Å². The van der Waals surface area contributed by atoms with E-state index in [0.717, 1.165) is 24.3 Å². The molecule has 26 heavy (non-hydrogen) atoms. The number of hydrogen-bond acceptors (Lipinski definition) is 12. The molecule has 0 aliphatic carbocycles. The van der Waals surface area contributed by atoms with E-state index < -0.39 is 70.4 Å². The van der Waals surface area contributed by atoms with Crippen molar-refractivity contribution in [2.75, 3.05) is 0 Å². The van der Waals surface area contributed by atoms with Crippen LogP contribution < -0.4 is 0 Å². The molecule has 2 aliphatic rings. The van der Waals surface area contributed by atoms with Gasteiger partial charge in [0, 0.05) is 0 Å². The maximum absolute atomic E-state index is 11.6. The Labute approximate surface area is 156 Å². The number of rotatable bonds is 4. The molecule has 2 rings (SSSR count). The van der Waals surface area contributed by atoms with Gasteiger partial charge in [-0.1, -0.05) is 0 Å². The van der Waals surface area contributed by atoms with Crippen LogP contribution in [0.15, 0.2) is 36.5 Å². The maximum atomic E-state index is 11.6. The summed E-state index contributed by atoms with van der Waals surface area (Å²) >= 11 is -7.87. The Kier molecular flexibility index (Phi) is 6.90. The third kappa shape index (κ3) is 6.67. The van der Waals surface area contributed by atoms with Gasteiger partial charge in [-0.2, -0.15) is 0 Å². The molecular formula is C12H6Ga2O12. The van der Waals surface area contributed by atoms with Crippen LogP contribution in [0.2, 0.25) is 0 Å². The van der Waals surface area contributed by atoms with Crippen molar-refractivity contribution in [1.82, 2.24) is 0 Å². The summed E-state index contributed by atoms with van der Waals surface area (Å²) in [6.45, 7) is 0. The second-order valence-electron chi connectivity index (χ2n) is 4.20. The van der Waals surface area contributed by atoms with Crippen molar-refractivity contribution in [3.8, 4) is 0 Å². The van der Waals surface area contributed by atoms with E-state index in [1.165, 1.54) is 0 Å². The first-order valence-corrected chi connectivity index (χ1v) is 12.5. The van der Waals surface area contributed by atoms with Gasteiger partial charge in [-0.15, -0.1) is 0 Å². The van der Waals surface area contributed by atoms with E-state index >= 15 is 0 Å². The Morgan fingerprint density at radius 1 is 0.654 bits per heavy atom. The first-order valence-electron chi connectivity index (χ1n) is 6.60. The van der Waals surface area contributed by atoms with E-state index in [9.17, 15) is 28.8 Å². The molecule has 14 heteroatoms. The average Bonchev–Trinajstić information content (AvgIpc) is 2.81. The molecule has 0 aromatic carbocycles. The zero-order chi connectivity index (χ0) is 19.1. The topological polar surface area (TPSA) is 158 Å². The molecule has 0 atom stereocenters. The van der Waals surface area contributed by atoms with Crippen LogP contribution in [0.4, 0.5) is 0 Å². The molecule has 132 valence electrons. The zero-order valence-electron chi connectivity index (χ0n) is 12.5. The summed E-state index contributed by atoms with van der Waals surface area (Å²) < 4.78 is 27.9. The molecule has 0 saturated heterocycles. The van der Waals surface area contributed by atoms with Crippen LogP contribution in [0, 0.1) is 0 Å². The Morgan fingerprint density at radius 3 is 1.19 bits per heavy atom. The number of hydrogen-bond donors (Lipinski definition) is 0. The molecule has 0 unspecified atom stereocenters. The van der Waals surface area contributed by atoms with Crippen molar-refractivity contribution < 1.29 is 49.9 Å². The van der Waals surface area contributed by atoms with E-state index in [2.05, 4.69) is 21.2 Å². The quantitative estimate of drug-likeness (QED) is 0.319. The summed E-state index contributed by atoms with van der Waals surface area (Å²) in [7, 11) is 0. The summed E-state index contributed by atoms with van der Waals surface area (Å²) in [6.07, 6.45) is 4.45. The van der Waals surface area contributed by atoms with Gasteiger partial charge in [-0.05, 0) is 0 Å². The SMILES string of the molecule is O=C1C=CC(=O)[O][Ga]([O]C(=O)/C=C/C(=O)[O][Ga]2[O]C(=O)C=CC(=O)[O]2)[O]1. The second-order valence-corrected chi connectivity index (χ2v) is 9.59. The zero-order valence-corrected chi connectivity index (χ0v) is 17.4. The molecule has 0 radical (unpaired) electrons. The van der Waals surface area contributed by atoms with Crippen LogP contribution in [0.3, 0.4) is 0 Å². The number of carbonyl (C=O) groups excluding carboxylic acids is 6. The molecule has 0 aromatic heterocycles. The fourth-order valence-corrected chi connectivity index (χ4v) is 5.34. The molecule has 0 bridgehead atoms. The molecule has 0 spiro atoms. The minimum absolute atomic E-state index is 0.606. The van der Waals surface area contributed by atoms with Crippen LogP contribution in [0.1, 0.15) is 0 Å². The van der Waals surface area contributed by atoms with Gasteiger partial charge >= 0.3 is 157 Å². The van der Waals surface area contributed by atoms with Gasteiger partial charge in [-0.3, -0.25) is 0 Å². The summed E-state index contributed by atoms with van der Waals surface area (Å²) in [5, 5.41) is 0. The van der Waals surface area contributed by atoms with E-state index in [0.29, 0.717) is 12.2 Å². The second kappa shape index (κ2) is 9.13. The molecule has 2 heterocycles. The summed E-state index contributed by atoms with van der Waals surface area (Å²) in [5.41, 5.74) is 0. The van der Waals surface area contributed by atoms with E-state index in [-0.39, 0.29) is 0 Å². The van der Waals surface area contributed by atoms with Crippen molar-refractivity contribution in [2.24, 2.45) is 0 Å². The van der Waals surface area contributed by atoms with Gasteiger partial charge < -0.3 is 0 Å². The molecule has 0 saturated carbocycles. The number of carbonyl (C=O) groups is 6. The van der Waals surface area contributed by atoms with E-state index in [4.69, 9.17) is 0 Å². The van der Waals surface area contributed by atoms with Crippen LogP contribution in [0.5, 0.6) is 0 Å². The van der Waals surface area contributed by atoms with Gasteiger partial charge in [0.25, 0.3) is 0 Å². The Balaban J connectivity index is 1.84. The van der Waals surface area contributed by atoms with Crippen LogP contribution in [-0.2, 0) is 49.9 Å². The van der Waals surface area contributed by atoms with Crippen molar-refractivity contribution in [3.63, 3.8) is 0 Å². The molecule has 2 aliphatic heterocycles. The monoisotopic (exact) mass is 480 g/mol. The summed E-state index contributed by atoms with van der Waals surface area (Å²) in [4.78, 5) is 67.6. The third-order valence-electron chi connectivity index (χ3n) is 2.34. The third-order valence-corrected chi connectivity index (χ3v) is 7.69. The standard InChI is InChI=1S/3C4H4O4.2Ga/c3*5-3(6)1-2-4(7)8;;/h3*1-2H,(H,5,6)(H,7,8);;/q;;;2*+3/p-6/b2-1+;;;;. The van der Waals surface area contributed by atoms with Gasteiger partial charge in [0.05, 0.1) is 0 Å².